The number of amides is 2. The number of carbonyl (C=O) groups excluding carboxylic acids is 2. The highest BCUT2D eigenvalue weighted by Crippen LogP contribution is 2.32. The summed E-state index contributed by atoms with van der Waals surface area (Å²) in [5, 5.41) is 2.87. The Morgan fingerprint density at radius 2 is 1.61 bits per heavy atom. The van der Waals surface area contributed by atoms with Gasteiger partial charge in [0.15, 0.2) is 18.1 Å². The van der Waals surface area contributed by atoms with Crippen LogP contribution in [0, 0.1) is 5.82 Å². The topological polar surface area (TPSA) is 123 Å². The summed E-state index contributed by atoms with van der Waals surface area (Å²) in [7, 11) is -3.93. The van der Waals surface area contributed by atoms with Crippen molar-refractivity contribution in [2.24, 2.45) is 0 Å². The minimum Gasteiger partial charge on any atom is -0.484 e. The summed E-state index contributed by atoms with van der Waals surface area (Å²) in [5.41, 5.74) is 1.86. The van der Waals surface area contributed by atoms with Gasteiger partial charge in [0, 0.05) is 18.8 Å². The standard InChI is InChI=1S/C32H30FN3O7S/c1-22(32(38)34-18-24-7-16-29-30(17-24)43-21-42-29)36(19-23-5-3-2-4-6-23)31(37)20-41-27-12-14-28(15-13-27)44(39,40)35-26-10-8-25(33)9-11-26/h2-17,22,35H,18-21H2,1H3,(H,34,38)/t22-/m0/s1. The lowest BCUT2D eigenvalue weighted by Crippen LogP contribution is -2.48. The third-order valence-corrected chi connectivity index (χ3v) is 8.26. The number of rotatable bonds is 12. The van der Waals surface area contributed by atoms with Gasteiger partial charge in [0.2, 0.25) is 12.7 Å². The van der Waals surface area contributed by atoms with Crippen molar-refractivity contribution in [1.82, 2.24) is 10.2 Å². The Hall–Kier alpha value is -5.10. The van der Waals surface area contributed by atoms with Crippen molar-refractivity contribution in [1.29, 1.82) is 0 Å². The first kappa shape index (κ1) is 30.4. The van der Waals surface area contributed by atoms with Crippen LogP contribution in [0.15, 0.2) is 102 Å². The van der Waals surface area contributed by atoms with Gasteiger partial charge in [-0.2, -0.15) is 0 Å². The first-order chi connectivity index (χ1) is 21.2. The molecule has 2 N–H and O–H groups in total. The molecule has 1 atom stereocenters. The van der Waals surface area contributed by atoms with Crippen LogP contribution in [0.4, 0.5) is 10.1 Å². The van der Waals surface area contributed by atoms with Crippen LogP contribution in [-0.2, 0) is 32.7 Å². The molecule has 4 aromatic carbocycles. The molecule has 1 heterocycles. The van der Waals surface area contributed by atoms with E-state index in [1.165, 1.54) is 41.3 Å². The van der Waals surface area contributed by atoms with E-state index in [4.69, 9.17) is 14.2 Å². The van der Waals surface area contributed by atoms with E-state index in [0.29, 0.717) is 11.5 Å². The van der Waals surface area contributed by atoms with Gasteiger partial charge in [0.05, 0.1) is 4.90 Å². The van der Waals surface area contributed by atoms with Gasteiger partial charge in [0.25, 0.3) is 15.9 Å². The SMILES string of the molecule is C[C@@H](C(=O)NCc1ccc2c(c1)OCO2)N(Cc1ccccc1)C(=O)COc1ccc(S(=O)(=O)Nc2ccc(F)cc2)cc1. The molecule has 44 heavy (non-hydrogen) atoms. The number of benzene rings is 4. The number of anilines is 1. The number of carbonyl (C=O) groups is 2. The van der Waals surface area contributed by atoms with Gasteiger partial charge in [-0.1, -0.05) is 36.4 Å². The minimum atomic E-state index is -3.93. The predicted octanol–water partition coefficient (Wildman–Crippen LogP) is 4.47. The predicted molar refractivity (Wildman–Crippen MR) is 160 cm³/mol. The Labute approximate surface area is 254 Å². The highest BCUT2D eigenvalue weighted by Gasteiger charge is 2.27. The average molecular weight is 620 g/mol. The zero-order valence-corrected chi connectivity index (χ0v) is 24.6. The molecular formula is C32H30FN3O7S. The van der Waals surface area contributed by atoms with Crippen LogP contribution in [-0.4, -0.2) is 44.6 Å². The number of ether oxygens (including phenoxy) is 3. The Kier molecular flexibility index (Phi) is 9.29. The van der Waals surface area contributed by atoms with E-state index >= 15 is 0 Å². The monoisotopic (exact) mass is 619 g/mol. The molecule has 0 bridgehead atoms. The number of hydrogen-bond donors (Lipinski definition) is 2. The Morgan fingerprint density at radius 3 is 2.34 bits per heavy atom. The van der Waals surface area contributed by atoms with Crippen LogP contribution in [0.2, 0.25) is 0 Å². The molecule has 12 heteroatoms. The average Bonchev–Trinajstić information content (AvgIpc) is 3.51. The van der Waals surface area contributed by atoms with Gasteiger partial charge in [-0.05, 0) is 78.7 Å². The van der Waals surface area contributed by atoms with Crippen molar-refractivity contribution in [2.75, 3.05) is 18.1 Å². The largest absolute Gasteiger partial charge is 0.484 e. The third kappa shape index (κ3) is 7.64. The van der Waals surface area contributed by atoms with Crippen LogP contribution in [0.1, 0.15) is 18.1 Å². The van der Waals surface area contributed by atoms with Crippen molar-refractivity contribution in [3.63, 3.8) is 0 Å². The van der Waals surface area contributed by atoms with E-state index in [9.17, 15) is 22.4 Å². The lowest BCUT2D eigenvalue weighted by atomic mass is 10.1. The number of sulfonamides is 1. The highest BCUT2D eigenvalue weighted by atomic mass is 32.2. The third-order valence-electron chi connectivity index (χ3n) is 6.86. The minimum absolute atomic E-state index is 0.0426. The van der Waals surface area contributed by atoms with Crippen LogP contribution >= 0.6 is 0 Å². The van der Waals surface area contributed by atoms with Crippen LogP contribution in [0.25, 0.3) is 0 Å². The van der Waals surface area contributed by atoms with Crippen molar-refractivity contribution < 1.29 is 36.6 Å². The molecule has 228 valence electrons. The van der Waals surface area contributed by atoms with Crippen LogP contribution in [0.3, 0.4) is 0 Å². The summed E-state index contributed by atoms with van der Waals surface area (Å²) in [6.45, 7) is 1.82. The van der Waals surface area contributed by atoms with E-state index in [1.54, 1.807) is 19.1 Å². The molecule has 0 saturated carbocycles. The molecule has 4 aromatic rings. The molecule has 10 nitrogen and oxygen atoms in total. The van der Waals surface area contributed by atoms with Gasteiger partial charge in [-0.25, -0.2) is 12.8 Å². The molecule has 0 fully saturated rings. The molecule has 1 aliphatic heterocycles. The van der Waals surface area contributed by atoms with E-state index in [2.05, 4.69) is 10.0 Å². The van der Waals surface area contributed by atoms with E-state index in [-0.39, 0.29) is 48.7 Å². The van der Waals surface area contributed by atoms with E-state index < -0.39 is 27.8 Å². The molecule has 0 spiro atoms. The van der Waals surface area contributed by atoms with Gasteiger partial charge in [-0.15, -0.1) is 0 Å². The fraction of sp³-hybridized carbons (Fsp3) is 0.188. The summed E-state index contributed by atoms with van der Waals surface area (Å²) >= 11 is 0. The number of nitrogens with zero attached hydrogens (tertiary/aromatic N) is 1. The molecule has 0 unspecified atom stereocenters. The van der Waals surface area contributed by atoms with E-state index in [0.717, 1.165) is 23.3 Å². The van der Waals surface area contributed by atoms with Gasteiger partial charge < -0.3 is 24.4 Å². The number of fused-ring (bicyclic) bond motifs is 1. The maximum atomic E-state index is 13.4. The normalized spacial score (nSPS) is 12.7. The first-order valence-corrected chi connectivity index (χ1v) is 15.2. The van der Waals surface area contributed by atoms with Gasteiger partial charge >= 0.3 is 0 Å². The maximum Gasteiger partial charge on any atom is 0.261 e. The van der Waals surface area contributed by atoms with Gasteiger partial charge in [-0.3, -0.25) is 14.3 Å². The highest BCUT2D eigenvalue weighted by molar-refractivity contribution is 7.92. The number of hydrogen-bond acceptors (Lipinski definition) is 7. The molecule has 0 saturated heterocycles. The Balaban J connectivity index is 1.21. The molecule has 0 aliphatic carbocycles. The molecule has 0 aromatic heterocycles. The second kappa shape index (κ2) is 13.5. The second-order valence-electron chi connectivity index (χ2n) is 9.96. The van der Waals surface area contributed by atoms with Gasteiger partial charge in [0.1, 0.15) is 17.6 Å². The molecule has 1 aliphatic rings. The summed E-state index contributed by atoms with van der Waals surface area (Å²) in [4.78, 5) is 27.9. The summed E-state index contributed by atoms with van der Waals surface area (Å²) in [5.74, 6) is 0.245. The maximum absolute atomic E-state index is 13.4. The molecule has 0 radical (unpaired) electrons. The first-order valence-electron chi connectivity index (χ1n) is 13.7. The zero-order chi connectivity index (χ0) is 31.1. The summed E-state index contributed by atoms with van der Waals surface area (Å²) in [6, 6.07) is 24.3. The quantitative estimate of drug-likeness (QED) is 0.240. The molecular weight excluding hydrogens is 589 g/mol. The Morgan fingerprint density at radius 1 is 0.909 bits per heavy atom. The summed E-state index contributed by atoms with van der Waals surface area (Å²) < 4.78 is 57.3. The van der Waals surface area contributed by atoms with Crippen molar-refractivity contribution in [3.8, 4) is 17.2 Å². The lowest BCUT2D eigenvalue weighted by Gasteiger charge is -2.28. The molecule has 2 amide bonds. The van der Waals surface area contributed by atoms with E-state index in [1.807, 2.05) is 36.4 Å². The van der Waals surface area contributed by atoms with Crippen molar-refractivity contribution in [2.45, 2.75) is 31.0 Å². The summed E-state index contributed by atoms with van der Waals surface area (Å²) in [6.07, 6.45) is 0. The number of halogens is 1. The smallest absolute Gasteiger partial charge is 0.261 e. The van der Waals surface area contributed by atoms with Crippen LogP contribution in [0.5, 0.6) is 17.2 Å². The molecule has 5 rings (SSSR count). The number of nitrogens with one attached hydrogen (secondary N) is 2. The second-order valence-corrected chi connectivity index (χ2v) is 11.6. The fourth-order valence-electron chi connectivity index (χ4n) is 4.43. The van der Waals surface area contributed by atoms with Crippen molar-refractivity contribution >= 4 is 27.5 Å². The van der Waals surface area contributed by atoms with Crippen molar-refractivity contribution in [3.05, 3.63) is 114 Å². The lowest BCUT2D eigenvalue weighted by molar-refractivity contribution is -0.142. The van der Waals surface area contributed by atoms with Crippen LogP contribution < -0.4 is 24.2 Å². The Bertz CT molecular complexity index is 1720. The fourth-order valence-corrected chi connectivity index (χ4v) is 5.48. The zero-order valence-electron chi connectivity index (χ0n) is 23.7.